The number of aromatic nitrogens is 2. The van der Waals surface area contributed by atoms with Crippen LogP contribution in [-0.4, -0.2) is 22.1 Å². The van der Waals surface area contributed by atoms with Crippen molar-refractivity contribution in [1.29, 1.82) is 0 Å². The van der Waals surface area contributed by atoms with Gasteiger partial charge in [-0.15, -0.1) is 0 Å². The predicted molar refractivity (Wildman–Crippen MR) is 132 cm³/mol. The molecule has 0 saturated heterocycles. The van der Waals surface area contributed by atoms with E-state index in [-0.39, 0.29) is 11.9 Å². The van der Waals surface area contributed by atoms with E-state index in [4.69, 9.17) is 21.3 Å². The number of amides is 1. The van der Waals surface area contributed by atoms with E-state index in [2.05, 4.69) is 15.2 Å². The van der Waals surface area contributed by atoms with Gasteiger partial charge >= 0.3 is 0 Å². The van der Waals surface area contributed by atoms with Crippen LogP contribution in [0.3, 0.4) is 0 Å². The first-order valence-corrected chi connectivity index (χ1v) is 11.2. The first kappa shape index (κ1) is 21.1. The Morgan fingerprint density at radius 3 is 2.61 bits per heavy atom. The highest BCUT2D eigenvalue weighted by Gasteiger charge is 2.34. The Morgan fingerprint density at radius 2 is 1.82 bits per heavy atom. The number of nitrogens with zero attached hydrogens (tertiary/aromatic N) is 2. The Bertz CT molecular complexity index is 1370. The summed E-state index contributed by atoms with van der Waals surface area (Å²) in [6.45, 7) is 4.32. The van der Waals surface area contributed by atoms with Crippen molar-refractivity contribution >= 4 is 40.2 Å². The number of benzene rings is 3. The number of hydrogen-bond acceptors (Lipinski definition) is 4. The Morgan fingerprint density at radius 1 is 1.09 bits per heavy atom. The number of allylic oxidation sites excluding steroid dienone is 1. The SMILES string of the molecule is CCOc1ccccc1NC(=O)C1=C(C)Nc2nc3ccccc3n2[C@@H]1c1ccc(Cl)cc1. The number of imidazole rings is 1. The number of para-hydroxylation sites is 4. The van der Waals surface area contributed by atoms with E-state index in [1.807, 2.05) is 86.6 Å². The third kappa shape index (κ3) is 3.83. The third-order valence-corrected chi connectivity index (χ3v) is 5.95. The fourth-order valence-corrected chi connectivity index (χ4v) is 4.39. The molecule has 1 amide bonds. The Hall–Kier alpha value is -3.77. The second-order valence-electron chi connectivity index (χ2n) is 7.80. The van der Waals surface area contributed by atoms with Crippen molar-refractivity contribution in [3.8, 4) is 5.75 Å². The van der Waals surface area contributed by atoms with Gasteiger partial charge in [-0.3, -0.25) is 9.36 Å². The molecule has 4 aromatic rings. The highest BCUT2D eigenvalue weighted by molar-refractivity contribution is 6.30. The maximum Gasteiger partial charge on any atom is 0.255 e. The van der Waals surface area contributed by atoms with Gasteiger partial charge in [0.2, 0.25) is 5.95 Å². The van der Waals surface area contributed by atoms with Crippen molar-refractivity contribution in [2.45, 2.75) is 19.9 Å². The molecule has 1 aliphatic heterocycles. The average molecular weight is 459 g/mol. The Kier molecular flexibility index (Phi) is 5.52. The van der Waals surface area contributed by atoms with Crippen LogP contribution < -0.4 is 15.4 Å². The Labute approximate surface area is 196 Å². The van der Waals surface area contributed by atoms with Gasteiger partial charge in [-0.2, -0.15) is 0 Å². The van der Waals surface area contributed by atoms with Crippen LogP contribution in [0.4, 0.5) is 11.6 Å². The molecule has 5 rings (SSSR count). The lowest BCUT2D eigenvalue weighted by atomic mass is 9.94. The summed E-state index contributed by atoms with van der Waals surface area (Å²) in [6, 6.07) is 22.5. The van der Waals surface area contributed by atoms with Crippen molar-refractivity contribution in [3.63, 3.8) is 0 Å². The standard InChI is InChI=1S/C26H23ClN4O2/c1-3-33-22-11-7-5-9-20(22)29-25(32)23-16(2)28-26-30-19-8-4-6-10-21(19)31(26)24(23)17-12-14-18(27)15-13-17/h4-15,24H,3H2,1-2H3,(H,28,30)(H,29,32)/t24-/m1/s1. The molecule has 7 heteroatoms. The number of carbonyl (C=O) groups is 1. The van der Waals surface area contributed by atoms with Crippen molar-refractivity contribution in [2.24, 2.45) is 0 Å². The summed E-state index contributed by atoms with van der Waals surface area (Å²) >= 11 is 6.17. The first-order chi connectivity index (χ1) is 16.1. The van der Waals surface area contributed by atoms with E-state index in [0.29, 0.717) is 34.6 Å². The van der Waals surface area contributed by atoms with Crippen LogP contribution in [0.25, 0.3) is 11.0 Å². The lowest BCUT2D eigenvalue weighted by Gasteiger charge is -2.31. The van der Waals surface area contributed by atoms with Gasteiger partial charge < -0.3 is 15.4 Å². The van der Waals surface area contributed by atoms with Crippen molar-refractivity contribution in [1.82, 2.24) is 9.55 Å². The van der Waals surface area contributed by atoms with Crippen LogP contribution in [0.1, 0.15) is 25.5 Å². The van der Waals surface area contributed by atoms with Crippen LogP contribution in [0.2, 0.25) is 5.02 Å². The summed E-state index contributed by atoms with van der Waals surface area (Å²) in [4.78, 5) is 18.5. The van der Waals surface area contributed by atoms with Gasteiger partial charge in [-0.1, -0.05) is 48.0 Å². The van der Waals surface area contributed by atoms with Crippen LogP contribution in [-0.2, 0) is 4.79 Å². The number of carbonyl (C=O) groups excluding carboxylic acids is 1. The topological polar surface area (TPSA) is 68.2 Å². The maximum absolute atomic E-state index is 13.7. The molecule has 166 valence electrons. The van der Waals surface area contributed by atoms with Crippen LogP contribution >= 0.6 is 11.6 Å². The molecule has 1 aromatic heterocycles. The average Bonchev–Trinajstić information content (AvgIpc) is 3.18. The zero-order chi connectivity index (χ0) is 22.9. The van der Waals surface area contributed by atoms with E-state index in [1.165, 1.54) is 0 Å². The van der Waals surface area contributed by atoms with Gasteiger partial charge in [0, 0.05) is 10.7 Å². The molecule has 33 heavy (non-hydrogen) atoms. The number of anilines is 2. The molecular formula is C26H23ClN4O2. The second-order valence-corrected chi connectivity index (χ2v) is 8.23. The van der Waals surface area contributed by atoms with Gasteiger partial charge in [0.1, 0.15) is 5.75 Å². The monoisotopic (exact) mass is 458 g/mol. The molecule has 0 bridgehead atoms. The Balaban J connectivity index is 1.63. The lowest BCUT2D eigenvalue weighted by Crippen LogP contribution is -2.31. The molecule has 0 spiro atoms. The van der Waals surface area contributed by atoms with E-state index >= 15 is 0 Å². The molecule has 0 saturated carbocycles. The molecular weight excluding hydrogens is 436 g/mol. The van der Waals surface area contributed by atoms with Gasteiger partial charge in [-0.05, 0) is 55.8 Å². The summed E-state index contributed by atoms with van der Waals surface area (Å²) < 4.78 is 7.77. The van der Waals surface area contributed by atoms with Gasteiger partial charge in [0.25, 0.3) is 5.91 Å². The summed E-state index contributed by atoms with van der Waals surface area (Å²) in [5, 5.41) is 7.03. The van der Waals surface area contributed by atoms with E-state index < -0.39 is 0 Å². The number of ether oxygens (including phenoxy) is 1. The number of nitrogens with one attached hydrogen (secondary N) is 2. The summed E-state index contributed by atoms with van der Waals surface area (Å²) in [7, 11) is 0. The minimum atomic E-state index is -0.384. The quantitative estimate of drug-likeness (QED) is 0.384. The fraction of sp³-hybridized carbons (Fsp3) is 0.154. The zero-order valence-corrected chi connectivity index (χ0v) is 19.1. The van der Waals surface area contributed by atoms with Gasteiger partial charge in [0.05, 0.1) is 34.9 Å². The predicted octanol–water partition coefficient (Wildman–Crippen LogP) is 6.02. The largest absolute Gasteiger partial charge is 0.492 e. The highest BCUT2D eigenvalue weighted by Crippen LogP contribution is 2.40. The fourth-order valence-electron chi connectivity index (χ4n) is 4.26. The number of fused-ring (bicyclic) bond motifs is 3. The summed E-state index contributed by atoms with van der Waals surface area (Å²) in [5.41, 5.74) is 4.69. The molecule has 0 radical (unpaired) electrons. The molecule has 6 nitrogen and oxygen atoms in total. The van der Waals surface area contributed by atoms with E-state index in [1.54, 1.807) is 0 Å². The molecule has 0 fully saturated rings. The highest BCUT2D eigenvalue weighted by atomic mass is 35.5. The zero-order valence-electron chi connectivity index (χ0n) is 18.3. The summed E-state index contributed by atoms with van der Waals surface area (Å²) in [6.07, 6.45) is 0. The van der Waals surface area contributed by atoms with Gasteiger partial charge in [-0.25, -0.2) is 4.98 Å². The second kappa shape index (κ2) is 8.64. The number of halogens is 1. The van der Waals surface area contributed by atoms with Crippen molar-refractivity contribution < 1.29 is 9.53 Å². The smallest absolute Gasteiger partial charge is 0.255 e. The summed E-state index contributed by atoms with van der Waals surface area (Å²) in [5.74, 6) is 1.11. The molecule has 1 atom stereocenters. The number of rotatable bonds is 5. The molecule has 2 heterocycles. The van der Waals surface area contributed by atoms with Crippen LogP contribution in [0.5, 0.6) is 5.75 Å². The minimum absolute atomic E-state index is 0.212. The number of hydrogen-bond donors (Lipinski definition) is 2. The van der Waals surface area contributed by atoms with Crippen molar-refractivity contribution in [2.75, 3.05) is 17.2 Å². The van der Waals surface area contributed by atoms with Crippen LogP contribution in [0, 0.1) is 0 Å². The third-order valence-electron chi connectivity index (χ3n) is 5.70. The van der Waals surface area contributed by atoms with Crippen LogP contribution in [0.15, 0.2) is 84.1 Å². The van der Waals surface area contributed by atoms with Gasteiger partial charge in [0.15, 0.2) is 0 Å². The molecule has 3 aromatic carbocycles. The molecule has 0 aliphatic carbocycles. The first-order valence-electron chi connectivity index (χ1n) is 10.8. The molecule has 2 N–H and O–H groups in total. The van der Waals surface area contributed by atoms with E-state index in [9.17, 15) is 4.79 Å². The lowest BCUT2D eigenvalue weighted by molar-refractivity contribution is -0.113. The maximum atomic E-state index is 13.7. The normalized spacial score (nSPS) is 15.2. The molecule has 0 unspecified atom stereocenters. The van der Waals surface area contributed by atoms with Crippen molar-refractivity contribution in [3.05, 3.63) is 94.7 Å². The minimum Gasteiger partial charge on any atom is -0.492 e. The van der Waals surface area contributed by atoms with E-state index in [0.717, 1.165) is 22.3 Å². The molecule has 1 aliphatic rings.